The summed E-state index contributed by atoms with van der Waals surface area (Å²) in [7, 11) is 1.52. The summed E-state index contributed by atoms with van der Waals surface area (Å²) in [6, 6.07) is 8.44. The Balaban J connectivity index is 1.67. The van der Waals surface area contributed by atoms with Gasteiger partial charge in [0.15, 0.2) is 0 Å². The molecule has 1 aliphatic heterocycles. The van der Waals surface area contributed by atoms with Crippen LogP contribution in [0.1, 0.15) is 20.7 Å². The number of piperazine rings is 1. The molecule has 1 aromatic carbocycles. The van der Waals surface area contributed by atoms with Gasteiger partial charge < -0.3 is 14.5 Å². The van der Waals surface area contributed by atoms with E-state index < -0.39 is 0 Å². The number of carbonyl (C=O) groups excluding carboxylic acids is 2. The number of hydrogen-bond donors (Lipinski definition) is 0. The van der Waals surface area contributed by atoms with Crippen LogP contribution in [0, 0.1) is 0 Å². The van der Waals surface area contributed by atoms with Gasteiger partial charge in [0, 0.05) is 43.6 Å². The maximum absolute atomic E-state index is 12.8. The van der Waals surface area contributed by atoms with Crippen LogP contribution < -0.4 is 4.74 Å². The van der Waals surface area contributed by atoms with Gasteiger partial charge >= 0.3 is 0 Å². The van der Waals surface area contributed by atoms with Gasteiger partial charge in [-0.3, -0.25) is 14.6 Å². The molecule has 130 valence electrons. The molecule has 2 heterocycles. The Bertz CT molecular complexity index is 774. The maximum atomic E-state index is 12.8. The Morgan fingerprint density at radius 2 is 1.76 bits per heavy atom. The summed E-state index contributed by atoms with van der Waals surface area (Å²) in [5.74, 6) is 0.275. The van der Waals surface area contributed by atoms with Crippen molar-refractivity contribution in [3.63, 3.8) is 0 Å². The molecule has 1 fully saturated rings. The molecule has 2 aromatic rings. The third-order valence-electron chi connectivity index (χ3n) is 4.15. The molecule has 0 unspecified atom stereocenters. The molecule has 0 aliphatic carbocycles. The Morgan fingerprint density at radius 3 is 2.36 bits per heavy atom. The van der Waals surface area contributed by atoms with E-state index >= 15 is 0 Å². The van der Waals surface area contributed by atoms with Crippen molar-refractivity contribution in [3.05, 3.63) is 58.9 Å². The van der Waals surface area contributed by atoms with Crippen LogP contribution in [0.25, 0.3) is 0 Å². The minimum absolute atomic E-state index is 0.0689. The summed E-state index contributed by atoms with van der Waals surface area (Å²) >= 11 is 6.00. The first kappa shape index (κ1) is 17.2. The van der Waals surface area contributed by atoms with E-state index in [9.17, 15) is 9.59 Å². The first-order valence-electron chi connectivity index (χ1n) is 7.92. The molecule has 0 saturated carbocycles. The topological polar surface area (TPSA) is 62.7 Å². The lowest BCUT2D eigenvalue weighted by Crippen LogP contribution is -2.50. The van der Waals surface area contributed by atoms with E-state index in [1.54, 1.807) is 52.5 Å². The van der Waals surface area contributed by atoms with Gasteiger partial charge in [-0.15, -0.1) is 0 Å². The number of halogens is 1. The predicted octanol–water partition coefficient (Wildman–Crippen LogP) is 2.34. The van der Waals surface area contributed by atoms with Crippen molar-refractivity contribution in [2.24, 2.45) is 0 Å². The summed E-state index contributed by atoms with van der Waals surface area (Å²) in [5.41, 5.74) is 0.987. The van der Waals surface area contributed by atoms with Gasteiger partial charge in [-0.1, -0.05) is 11.6 Å². The van der Waals surface area contributed by atoms with Crippen LogP contribution in [0.5, 0.6) is 5.75 Å². The Hall–Kier alpha value is -2.60. The van der Waals surface area contributed by atoms with Crippen LogP contribution in [0.15, 0.2) is 42.7 Å². The van der Waals surface area contributed by atoms with Gasteiger partial charge in [-0.05, 0) is 30.3 Å². The monoisotopic (exact) mass is 359 g/mol. The lowest BCUT2D eigenvalue weighted by Gasteiger charge is -2.35. The quantitative estimate of drug-likeness (QED) is 0.843. The highest BCUT2D eigenvalue weighted by Gasteiger charge is 2.27. The highest BCUT2D eigenvalue weighted by molar-refractivity contribution is 6.31. The average Bonchev–Trinajstić information content (AvgIpc) is 2.67. The number of pyridine rings is 1. The third-order valence-corrected chi connectivity index (χ3v) is 4.39. The summed E-state index contributed by atoms with van der Waals surface area (Å²) in [5, 5.41) is 0.481. The van der Waals surface area contributed by atoms with Crippen LogP contribution in [0.3, 0.4) is 0 Å². The number of hydrogen-bond acceptors (Lipinski definition) is 4. The smallest absolute Gasteiger partial charge is 0.257 e. The van der Waals surface area contributed by atoms with E-state index in [2.05, 4.69) is 4.98 Å². The van der Waals surface area contributed by atoms with Crippen molar-refractivity contribution < 1.29 is 14.3 Å². The zero-order chi connectivity index (χ0) is 17.8. The van der Waals surface area contributed by atoms with Crippen LogP contribution in [0.4, 0.5) is 0 Å². The van der Waals surface area contributed by atoms with Crippen LogP contribution >= 0.6 is 11.6 Å². The number of carbonyl (C=O) groups is 2. The number of benzene rings is 1. The second-order valence-corrected chi connectivity index (χ2v) is 6.11. The fraction of sp³-hybridized carbons (Fsp3) is 0.278. The van der Waals surface area contributed by atoms with E-state index in [-0.39, 0.29) is 11.8 Å². The second-order valence-electron chi connectivity index (χ2n) is 5.67. The van der Waals surface area contributed by atoms with Crippen molar-refractivity contribution in [3.8, 4) is 5.75 Å². The molecule has 1 aromatic heterocycles. The molecule has 0 radical (unpaired) electrons. The van der Waals surface area contributed by atoms with Gasteiger partial charge in [-0.2, -0.15) is 0 Å². The molecular formula is C18H18ClN3O3. The van der Waals surface area contributed by atoms with Crippen LogP contribution in [0.2, 0.25) is 5.02 Å². The Kier molecular flexibility index (Phi) is 5.19. The summed E-state index contributed by atoms with van der Waals surface area (Å²) in [6.07, 6.45) is 3.18. The van der Waals surface area contributed by atoms with Gasteiger partial charge in [0.25, 0.3) is 11.8 Å². The highest BCUT2D eigenvalue weighted by Crippen LogP contribution is 2.24. The predicted molar refractivity (Wildman–Crippen MR) is 94.0 cm³/mol. The highest BCUT2D eigenvalue weighted by atomic mass is 35.5. The fourth-order valence-electron chi connectivity index (χ4n) is 2.80. The van der Waals surface area contributed by atoms with Crippen LogP contribution in [-0.4, -0.2) is 59.9 Å². The van der Waals surface area contributed by atoms with Crippen molar-refractivity contribution >= 4 is 23.4 Å². The molecule has 0 atom stereocenters. The molecule has 2 amide bonds. The molecular weight excluding hydrogens is 342 g/mol. The van der Waals surface area contributed by atoms with Crippen molar-refractivity contribution in [2.45, 2.75) is 0 Å². The van der Waals surface area contributed by atoms with E-state index in [1.807, 2.05) is 0 Å². The van der Waals surface area contributed by atoms with E-state index in [1.165, 1.54) is 7.11 Å². The maximum Gasteiger partial charge on any atom is 0.257 e. The molecule has 0 N–H and O–H groups in total. The molecule has 25 heavy (non-hydrogen) atoms. The zero-order valence-electron chi connectivity index (χ0n) is 13.8. The first-order chi connectivity index (χ1) is 12.1. The van der Waals surface area contributed by atoms with Crippen molar-refractivity contribution in [1.29, 1.82) is 0 Å². The normalized spacial score (nSPS) is 14.3. The van der Waals surface area contributed by atoms with E-state index in [0.29, 0.717) is 48.1 Å². The molecule has 1 saturated heterocycles. The number of rotatable bonds is 3. The van der Waals surface area contributed by atoms with Gasteiger partial charge in [0.2, 0.25) is 0 Å². The van der Waals surface area contributed by atoms with Gasteiger partial charge in [0.05, 0.1) is 18.2 Å². The number of amides is 2. The first-order valence-corrected chi connectivity index (χ1v) is 8.30. The summed E-state index contributed by atoms with van der Waals surface area (Å²) < 4.78 is 5.25. The zero-order valence-corrected chi connectivity index (χ0v) is 14.6. The molecule has 3 rings (SSSR count). The molecule has 0 spiro atoms. The van der Waals surface area contributed by atoms with Crippen molar-refractivity contribution in [1.82, 2.24) is 14.8 Å². The molecule has 7 heteroatoms. The minimum Gasteiger partial charge on any atom is -0.496 e. The molecule has 0 bridgehead atoms. The largest absolute Gasteiger partial charge is 0.496 e. The SMILES string of the molecule is COc1ccc(Cl)cc1C(=O)N1CCN(C(=O)c2cccnc2)CC1. The number of aromatic nitrogens is 1. The van der Waals surface area contributed by atoms with E-state index in [4.69, 9.17) is 16.3 Å². The van der Waals surface area contributed by atoms with Gasteiger partial charge in [-0.25, -0.2) is 0 Å². The second kappa shape index (κ2) is 7.53. The van der Waals surface area contributed by atoms with Crippen molar-refractivity contribution in [2.75, 3.05) is 33.3 Å². The summed E-state index contributed by atoms with van der Waals surface area (Å²) in [4.78, 5) is 32.6. The number of nitrogens with zero attached hydrogens (tertiary/aromatic N) is 3. The molecule has 6 nitrogen and oxygen atoms in total. The van der Waals surface area contributed by atoms with E-state index in [0.717, 1.165) is 0 Å². The number of ether oxygens (including phenoxy) is 1. The van der Waals surface area contributed by atoms with Gasteiger partial charge in [0.1, 0.15) is 5.75 Å². The van der Waals surface area contributed by atoms with Crippen LogP contribution in [-0.2, 0) is 0 Å². The minimum atomic E-state index is -0.146. The lowest BCUT2D eigenvalue weighted by atomic mass is 10.1. The third kappa shape index (κ3) is 3.74. The summed E-state index contributed by atoms with van der Waals surface area (Å²) in [6.45, 7) is 1.87. The number of methoxy groups -OCH3 is 1. The standard InChI is InChI=1S/C18H18ClN3O3/c1-25-16-5-4-14(19)11-15(16)18(24)22-9-7-21(8-10-22)17(23)13-3-2-6-20-12-13/h2-6,11-12H,7-10H2,1H3. The molecule has 1 aliphatic rings. The lowest BCUT2D eigenvalue weighted by molar-refractivity contribution is 0.0533. The Morgan fingerprint density at radius 1 is 1.08 bits per heavy atom. The fourth-order valence-corrected chi connectivity index (χ4v) is 2.97. The average molecular weight is 360 g/mol. The Labute approximate surface area is 151 Å².